The zero-order valence-corrected chi connectivity index (χ0v) is 11.8. The molecule has 0 fully saturated rings. The number of allylic oxidation sites excluding steroid dienone is 1. The molecule has 1 aromatic rings. The molecule has 5 heteroatoms. The molecular weight excluding hydrogens is 276 g/mol. The van der Waals surface area contributed by atoms with Crippen LogP contribution in [0, 0.1) is 11.5 Å². The van der Waals surface area contributed by atoms with Crippen LogP contribution in [0.5, 0.6) is 0 Å². The molecule has 1 aromatic carbocycles. The first-order chi connectivity index (χ1) is 9.27. The van der Waals surface area contributed by atoms with Gasteiger partial charge in [-0.2, -0.15) is 10.3 Å². The summed E-state index contributed by atoms with van der Waals surface area (Å²) in [5, 5.41) is 10.2. The largest absolute Gasteiger partial charge is 0.289 e. The average molecular weight is 288 g/mol. The summed E-state index contributed by atoms with van der Waals surface area (Å²) in [6, 6.07) is 9.01. The number of rotatable bonds is 5. The highest BCUT2D eigenvalue weighted by molar-refractivity contribution is 8.40. The van der Waals surface area contributed by atoms with Crippen LogP contribution in [0.4, 0.5) is 0 Å². The fourth-order valence-electron chi connectivity index (χ4n) is 1.12. The summed E-state index contributed by atoms with van der Waals surface area (Å²) < 4.78 is 0.597. The lowest BCUT2D eigenvalue weighted by molar-refractivity contribution is 0.104. The number of carbonyl (C=O) groups excluding carboxylic acids is 1. The van der Waals surface area contributed by atoms with Gasteiger partial charge < -0.3 is 0 Å². The van der Waals surface area contributed by atoms with Gasteiger partial charge in [-0.1, -0.05) is 59.9 Å². The van der Waals surface area contributed by atoms with E-state index in [2.05, 4.69) is 11.6 Å². The van der Waals surface area contributed by atoms with Crippen molar-refractivity contribution in [1.82, 2.24) is 0 Å². The minimum Gasteiger partial charge on any atom is -0.289 e. The van der Waals surface area contributed by atoms with E-state index in [1.54, 1.807) is 29.8 Å². The van der Waals surface area contributed by atoms with Crippen molar-refractivity contribution in [2.45, 2.75) is 0 Å². The number of aliphatic imine (C=N–C) groups is 1. The van der Waals surface area contributed by atoms with E-state index in [0.29, 0.717) is 15.7 Å². The minimum absolute atomic E-state index is 0.0712. The van der Waals surface area contributed by atoms with Crippen LogP contribution < -0.4 is 0 Å². The van der Waals surface area contributed by atoms with Gasteiger partial charge in [0.1, 0.15) is 4.38 Å². The smallest absolute Gasteiger partial charge is 0.207 e. The monoisotopic (exact) mass is 288 g/mol. The topological polar surface area (TPSA) is 53.2 Å². The molecule has 0 N–H and O–H groups in total. The molecule has 0 unspecified atom stereocenters. The molecular formula is C14H12N2OS2. The molecule has 19 heavy (non-hydrogen) atoms. The molecule has 1 rings (SSSR count). The van der Waals surface area contributed by atoms with Crippen LogP contribution in [0.25, 0.3) is 0 Å². The Bertz CT molecular complexity index is 530. The maximum atomic E-state index is 11.8. The van der Waals surface area contributed by atoms with E-state index in [9.17, 15) is 4.79 Å². The summed E-state index contributed by atoms with van der Waals surface area (Å²) in [7, 11) is 0. The number of benzene rings is 1. The molecule has 0 bridgehead atoms. The molecule has 96 valence electrons. The van der Waals surface area contributed by atoms with Crippen LogP contribution in [0.2, 0.25) is 0 Å². The first kappa shape index (κ1) is 15.3. The number of thioether (sulfide) groups is 2. The van der Waals surface area contributed by atoms with E-state index in [1.165, 1.54) is 29.6 Å². The summed E-state index contributed by atoms with van der Waals surface area (Å²) >= 11 is 2.65. The van der Waals surface area contributed by atoms with E-state index in [0.717, 1.165) is 0 Å². The Balaban J connectivity index is 2.57. The summed E-state index contributed by atoms with van der Waals surface area (Å²) in [6.45, 7) is 3.60. The van der Waals surface area contributed by atoms with Gasteiger partial charge >= 0.3 is 0 Å². The molecule has 0 spiro atoms. The summed E-state index contributed by atoms with van der Waals surface area (Å²) in [5.74, 6) is 0.603. The number of hydrogen-bond acceptors (Lipinski definition) is 5. The van der Waals surface area contributed by atoms with Crippen LogP contribution in [0.15, 0.2) is 59.5 Å². The lowest BCUT2D eigenvalue weighted by Gasteiger charge is -1.97. The maximum Gasteiger partial charge on any atom is 0.207 e. The van der Waals surface area contributed by atoms with E-state index in [-0.39, 0.29) is 5.78 Å². The molecule has 0 aliphatic rings. The van der Waals surface area contributed by atoms with E-state index in [4.69, 9.17) is 5.26 Å². The predicted octanol–water partition coefficient (Wildman–Crippen LogP) is 3.87. The quantitative estimate of drug-likeness (QED) is 0.206. The van der Waals surface area contributed by atoms with Crippen LogP contribution in [-0.2, 0) is 0 Å². The lowest BCUT2D eigenvalue weighted by atomic mass is 10.1. The average Bonchev–Trinajstić information content (AvgIpc) is 2.45. The second-order valence-electron chi connectivity index (χ2n) is 3.23. The zero-order chi connectivity index (χ0) is 13.9. The molecule has 0 saturated heterocycles. The van der Waals surface area contributed by atoms with Crippen molar-refractivity contribution in [1.29, 1.82) is 5.26 Å². The molecule has 0 atom stereocenters. The van der Waals surface area contributed by atoms with E-state index in [1.807, 2.05) is 18.2 Å². The summed E-state index contributed by atoms with van der Waals surface area (Å²) in [4.78, 5) is 15.4. The Morgan fingerprint density at radius 2 is 2.16 bits per heavy atom. The fraction of sp³-hybridized carbons (Fsp3) is 0.0714. The van der Waals surface area contributed by atoms with Gasteiger partial charge in [0.25, 0.3) is 0 Å². The molecule has 3 nitrogen and oxygen atoms in total. The molecule has 0 aromatic heterocycles. The first-order valence-corrected chi connectivity index (χ1v) is 7.27. The van der Waals surface area contributed by atoms with Crippen molar-refractivity contribution < 1.29 is 4.79 Å². The van der Waals surface area contributed by atoms with Crippen LogP contribution in [0.1, 0.15) is 10.4 Å². The SMILES string of the molecule is C=CCSC(=NC#N)SC=CC(=O)c1ccccc1. The number of nitrogens with zero attached hydrogens (tertiary/aromatic N) is 2. The standard InChI is InChI=1S/C14H12N2OS2/c1-2-9-18-14(16-11-15)19-10-8-13(17)12-6-4-3-5-7-12/h2-8,10H,1,9H2. The van der Waals surface area contributed by atoms with Gasteiger partial charge in [-0.05, 0) is 11.5 Å². The third-order valence-corrected chi connectivity index (χ3v) is 3.86. The number of hydrogen-bond donors (Lipinski definition) is 0. The molecule has 0 heterocycles. The van der Waals surface area contributed by atoms with Crippen molar-refractivity contribution in [3.8, 4) is 6.19 Å². The van der Waals surface area contributed by atoms with E-state index >= 15 is 0 Å². The minimum atomic E-state index is -0.0712. The Kier molecular flexibility index (Phi) is 7.40. The maximum absolute atomic E-state index is 11.8. The number of ketones is 1. The number of nitriles is 1. The molecule has 0 radical (unpaired) electrons. The van der Waals surface area contributed by atoms with Crippen molar-refractivity contribution >= 4 is 33.7 Å². The third kappa shape index (κ3) is 6.09. The van der Waals surface area contributed by atoms with Crippen LogP contribution >= 0.6 is 23.5 Å². The highest BCUT2D eigenvalue weighted by Crippen LogP contribution is 2.18. The Morgan fingerprint density at radius 1 is 1.42 bits per heavy atom. The Morgan fingerprint density at radius 3 is 2.79 bits per heavy atom. The fourth-order valence-corrected chi connectivity index (χ4v) is 2.53. The Labute approximate surface area is 121 Å². The zero-order valence-electron chi connectivity index (χ0n) is 10.2. The first-order valence-electron chi connectivity index (χ1n) is 5.41. The van der Waals surface area contributed by atoms with Gasteiger partial charge in [0, 0.05) is 11.3 Å². The molecule has 0 aliphatic heterocycles. The van der Waals surface area contributed by atoms with Crippen LogP contribution in [0.3, 0.4) is 0 Å². The molecule has 0 saturated carbocycles. The molecule has 0 amide bonds. The lowest BCUT2D eigenvalue weighted by Crippen LogP contribution is -1.92. The number of carbonyl (C=O) groups is 1. The van der Waals surface area contributed by atoms with Gasteiger partial charge in [-0.15, -0.1) is 6.58 Å². The predicted molar refractivity (Wildman–Crippen MR) is 83.2 cm³/mol. The van der Waals surface area contributed by atoms with Crippen molar-refractivity contribution in [3.63, 3.8) is 0 Å². The van der Waals surface area contributed by atoms with E-state index < -0.39 is 0 Å². The second kappa shape index (κ2) is 9.20. The van der Waals surface area contributed by atoms with Crippen molar-refractivity contribution in [3.05, 3.63) is 60.0 Å². The van der Waals surface area contributed by atoms with Gasteiger partial charge in [-0.3, -0.25) is 4.79 Å². The Hall–Kier alpha value is -1.77. The summed E-state index contributed by atoms with van der Waals surface area (Å²) in [6.07, 6.45) is 4.95. The van der Waals surface area contributed by atoms with Crippen LogP contribution in [-0.4, -0.2) is 15.9 Å². The highest BCUT2D eigenvalue weighted by Gasteiger charge is 2.01. The van der Waals surface area contributed by atoms with Gasteiger partial charge in [0.05, 0.1) is 0 Å². The third-order valence-electron chi connectivity index (χ3n) is 1.91. The van der Waals surface area contributed by atoms with Crippen molar-refractivity contribution in [2.24, 2.45) is 4.99 Å². The normalized spacial score (nSPS) is 11.2. The highest BCUT2D eigenvalue weighted by atomic mass is 32.2. The molecule has 0 aliphatic carbocycles. The second-order valence-corrected chi connectivity index (χ2v) is 5.39. The van der Waals surface area contributed by atoms with Gasteiger partial charge in [0.15, 0.2) is 5.78 Å². The summed E-state index contributed by atoms with van der Waals surface area (Å²) in [5.41, 5.74) is 0.636. The van der Waals surface area contributed by atoms with Gasteiger partial charge in [0.2, 0.25) is 6.19 Å². The van der Waals surface area contributed by atoms with Gasteiger partial charge in [-0.25, -0.2) is 0 Å². The van der Waals surface area contributed by atoms with Crippen molar-refractivity contribution in [2.75, 3.05) is 5.75 Å².